The van der Waals surface area contributed by atoms with Gasteiger partial charge in [0.1, 0.15) is 16.2 Å². The lowest BCUT2D eigenvalue weighted by molar-refractivity contribution is -0.147. The Kier molecular flexibility index (Phi) is 7.02. The molecule has 1 aromatic heterocycles. The fourth-order valence-electron chi connectivity index (χ4n) is 3.86. The van der Waals surface area contributed by atoms with Crippen LogP contribution in [0.2, 0.25) is 0 Å². The van der Waals surface area contributed by atoms with Gasteiger partial charge in [0.25, 0.3) is 0 Å². The zero-order valence-corrected chi connectivity index (χ0v) is 19.4. The third-order valence-corrected chi connectivity index (χ3v) is 6.02. The second-order valence-electron chi connectivity index (χ2n) is 8.03. The maximum absolute atomic E-state index is 14.4. The van der Waals surface area contributed by atoms with Gasteiger partial charge in [-0.15, -0.1) is 0 Å². The highest BCUT2D eigenvalue weighted by Crippen LogP contribution is 2.34. The van der Waals surface area contributed by atoms with Gasteiger partial charge in [-0.3, -0.25) is 0 Å². The number of aromatic nitrogens is 2. The van der Waals surface area contributed by atoms with Crippen molar-refractivity contribution in [2.24, 2.45) is 0 Å². The molecule has 1 N–H and O–H groups in total. The molecule has 0 spiro atoms. The van der Waals surface area contributed by atoms with Crippen LogP contribution in [0.3, 0.4) is 0 Å². The first-order valence-electron chi connectivity index (χ1n) is 9.98. The smallest absolute Gasteiger partial charge is 0.386 e. The van der Waals surface area contributed by atoms with Crippen LogP contribution >= 0.6 is 15.9 Å². The van der Waals surface area contributed by atoms with E-state index in [2.05, 4.69) is 39.4 Å². The molecule has 1 unspecified atom stereocenters. The second-order valence-corrected chi connectivity index (χ2v) is 8.78. The van der Waals surface area contributed by atoms with E-state index in [0.29, 0.717) is 30.1 Å². The Morgan fingerprint density at radius 1 is 1.22 bits per heavy atom. The van der Waals surface area contributed by atoms with Gasteiger partial charge in [-0.05, 0) is 59.5 Å². The van der Waals surface area contributed by atoms with Crippen molar-refractivity contribution < 1.29 is 22.0 Å². The molecule has 10 heteroatoms. The molecule has 32 heavy (non-hydrogen) atoms. The van der Waals surface area contributed by atoms with Crippen molar-refractivity contribution in [3.8, 4) is 0 Å². The minimum atomic E-state index is -4.54. The topological polar surface area (TPSA) is 33.1 Å². The molecule has 2 aromatic rings. The molecule has 0 fully saturated rings. The number of nitrogens with zero attached hydrogens (tertiary/aromatic N) is 3. The quantitative estimate of drug-likeness (QED) is 0.477. The fourth-order valence-corrected chi connectivity index (χ4v) is 4.37. The standard InChI is InChI=1S/C22H24BrF5N4/c1-12(2)29-16(9-15-10-17(24)13(3)7-18(15)25)8-14(4)31-5-6-32-19(11-31)20(23)30-21(32)22(26,27)28/h7,10,16,29H,1,4-6,8-9,11H2,2-3H3. The van der Waals surface area contributed by atoms with Crippen LogP contribution in [0.4, 0.5) is 22.0 Å². The average molecular weight is 519 g/mol. The molecular formula is C22H24BrF5N4. The van der Waals surface area contributed by atoms with Crippen molar-refractivity contribution in [2.75, 3.05) is 6.54 Å². The fraction of sp³-hybridized carbons (Fsp3) is 0.409. The Morgan fingerprint density at radius 2 is 1.91 bits per heavy atom. The molecule has 4 nitrogen and oxygen atoms in total. The summed E-state index contributed by atoms with van der Waals surface area (Å²) in [6.45, 7) is 11.8. The van der Waals surface area contributed by atoms with Gasteiger partial charge < -0.3 is 14.8 Å². The van der Waals surface area contributed by atoms with Crippen LogP contribution in [0.25, 0.3) is 0 Å². The summed E-state index contributed by atoms with van der Waals surface area (Å²) >= 11 is 3.13. The van der Waals surface area contributed by atoms with Crippen molar-refractivity contribution in [3.63, 3.8) is 0 Å². The van der Waals surface area contributed by atoms with Crippen molar-refractivity contribution in [3.05, 3.63) is 75.6 Å². The minimum absolute atomic E-state index is 0.109. The lowest BCUT2D eigenvalue weighted by Crippen LogP contribution is -2.37. The Balaban J connectivity index is 1.76. The van der Waals surface area contributed by atoms with Gasteiger partial charge in [0, 0.05) is 36.9 Å². The Hall–Kier alpha value is -2.36. The van der Waals surface area contributed by atoms with Crippen molar-refractivity contribution >= 4 is 15.9 Å². The molecule has 1 atom stereocenters. The zero-order chi connectivity index (χ0) is 23.8. The molecule has 0 radical (unpaired) electrons. The van der Waals surface area contributed by atoms with Gasteiger partial charge in [-0.2, -0.15) is 13.2 Å². The second kappa shape index (κ2) is 9.25. The Morgan fingerprint density at radius 3 is 2.53 bits per heavy atom. The van der Waals surface area contributed by atoms with Crippen molar-refractivity contribution in [1.29, 1.82) is 0 Å². The highest BCUT2D eigenvalue weighted by molar-refractivity contribution is 9.10. The maximum atomic E-state index is 14.4. The van der Waals surface area contributed by atoms with Crippen LogP contribution in [-0.2, 0) is 25.7 Å². The predicted molar refractivity (Wildman–Crippen MR) is 116 cm³/mol. The molecule has 1 aliphatic heterocycles. The number of alkyl halides is 3. The first-order valence-corrected chi connectivity index (χ1v) is 10.8. The monoisotopic (exact) mass is 518 g/mol. The van der Waals surface area contributed by atoms with Crippen molar-refractivity contribution in [2.45, 2.75) is 52.0 Å². The molecule has 174 valence electrons. The van der Waals surface area contributed by atoms with E-state index in [0.717, 1.165) is 0 Å². The number of allylic oxidation sites excluding steroid dienone is 1. The number of benzene rings is 1. The lowest BCUT2D eigenvalue weighted by Gasteiger charge is -2.34. The average Bonchev–Trinajstić information content (AvgIpc) is 3.02. The highest BCUT2D eigenvalue weighted by atomic mass is 79.9. The minimum Gasteiger partial charge on any atom is -0.386 e. The summed E-state index contributed by atoms with van der Waals surface area (Å²) in [6.07, 6.45) is -3.97. The number of imidazole rings is 1. The number of halogens is 6. The van der Waals surface area contributed by atoms with Gasteiger partial charge in [-0.25, -0.2) is 13.8 Å². The SMILES string of the molecule is C=C(C)NC(CC(=C)N1CCn2c(C(F)(F)F)nc(Br)c2C1)Cc1cc(F)c(C)cc1F. The van der Waals surface area contributed by atoms with E-state index in [1.165, 1.54) is 23.6 Å². The molecule has 0 amide bonds. The van der Waals surface area contributed by atoms with Crippen LogP contribution in [0.15, 0.2) is 41.3 Å². The molecular weight excluding hydrogens is 495 g/mol. The maximum Gasteiger partial charge on any atom is 0.449 e. The van der Waals surface area contributed by atoms with Crippen LogP contribution < -0.4 is 5.32 Å². The Labute approximate surface area is 191 Å². The summed E-state index contributed by atoms with van der Waals surface area (Å²) in [7, 11) is 0. The molecule has 0 saturated carbocycles. The molecule has 2 heterocycles. The van der Waals surface area contributed by atoms with E-state index in [9.17, 15) is 22.0 Å². The van der Waals surface area contributed by atoms with Gasteiger partial charge in [-0.1, -0.05) is 13.2 Å². The molecule has 0 aliphatic carbocycles. The Bertz CT molecular complexity index is 1040. The number of hydrogen-bond donors (Lipinski definition) is 1. The van der Waals surface area contributed by atoms with E-state index in [1.54, 1.807) is 6.92 Å². The number of aryl methyl sites for hydroxylation is 1. The number of rotatable bonds is 7. The third kappa shape index (κ3) is 5.33. The van der Waals surface area contributed by atoms with E-state index >= 15 is 0 Å². The van der Waals surface area contributed by atoms with E-state index < -0.39 is 23.6 Å². The van der Waals surface area contributed by atoms with Gasteiger partial charge in [0.2, 0.25) is 5.82 Å². The van der Waals surface area contributed by atoms with Crippen molar-refractivity contribution in [1.82, 2.24) is 19.8 Å². The number of hydrogen-bond acceptors (Lipinski definition) is 3. The van der Waals surface area contributed by atoms with Crippen LogP contribution in [-0.4, -0.2) is 27.0 Å². The summed E-state index contributed by atoms with van der Waals surface area (Å²) in [5.74, 6) is -1.90. The van der Waals surface area contributed by atoms with Crippen LogP contribution in [0.5, 0.6) is 0 Å². The van der Waals surface area contributed by atoms with Gasteiger partial charge >= 0.3 is 6.18 Å². The zero-order valence-electron chi connectivity index (χ0n) is 17.8. The number of nitrogens with one attached hydrogen (secondary N) is 1. The summed E-state index contributed by atoms with van der Waals surface area (Å²) in [6, 6.07) is 2.03. The van der Waals surface area contributed by atoms with Gasteiger partial charge in [0.05, 0.1) is 12.2 Å². The predicted octanol–water partition coefficient (Wildman–Crippen LogP) is 5.70. The number of fused-ring (bicyclic) bond motifs is 1. The van der Waals surface area contributed by atoms with Crippen LogP contribution in [0, 0.1) is 18.6 Å². The summed E-state index contributed by atoms with van der Waals surface area (Å²) < 4.78 is 69.3. The van der Waals surface area contributed by atoms with E-state index in [1.807, 2.05) is 4.90 Å². The normalized spacial score (nSPS) is 14.8. The highest BCUT2D eigenvalue weighted by Gasteiger charge is 2.40. The molecule has 0 saturated heterocycles. The van der Waals surface area contributed by atoms with Gasteiger partial charge in [0.15, 0.2) is 0 Å². The molecule has 1 aliphatic rings. The summed E-state index contributed by atoms with van der Waals surface area (Å²) in [4.78, 5) is 5.51. The first kappa shape index (κ1) is 24.3. The summed E-state index contributed by atoms with van der Waals surface area (Å²) in [5.41, 5.74) is 2.21. The molecule has 0 bridgehead atoms. The van der Waals surface area contributed by atoms with E-state index in [4.69, 9.17) is 0 Å². The molecule has 1 aromatic carbocycles. The largest absolute Gasteiger partial charge is 0.449 e. The first-order chi connectivity index (χ1) is 14.9. The summed E-state index contributed by atoms with van der Waals surface area (Å²) in [5, 5.41) is 3.17. The third-order valence-electron chi connectivity index (χ3n) is 5.39. The van der Waals surface area contributed by atoms with E-state index in [-0.39, 0.29) is 41.3 Å². The lowest BCUT2D eigenvalue weighted by atomic mass is 9.99. The van der Waals surface area contributed by atoms with Crippen LogP contribution in [0.1, 0.15) is 36.0 Å². The molecule has 3 rings (SSSR count).